The molecule has 2 heterocycles. The van der Waals surface area contributed by atoms with Crippen molar-refractivity contribution in [2.75, 3.05) is 0 Å². The fourth-order valence-corrected chi connectivity index (χ4v) is 1.38. The minimum atomic E-state index is 0.578. The first-order chi connectivity index (χ1) is 7.28. The summed E-state index contributed by atoms with van der Waals surface area (Å²) in [5, 5.41) is 10.5. The largest absolute Gasteiger partial charge is 0.275 e. The second-order valence-electron chi connectivity index (χ2n) is 3.10. The summed E-state index contributed by atoms with van der Waals surface area (Å²) < 4.78 is 3.54. The molecule has 0 unspecified atom stereocenters. The minimum absolute atomic E-state index is 0.578. The Labute approximate surface area is 92.1 Å². The minimum Gasteiger partial charge on any atom is -0.275 e. The summed E-state index contributed by atoms with van der Waals surface area (Å²) in [4.78, 5) is 3.79. The van der Waals surface area contributed by atoms with Crippen LogP contribution in [-0.4, -0.2) is 24.7 Å². The van der Waals surface area contributed by atoms with E-state index < -0.39 is 0 Å². The van der Waals surface area contributed by atoms with E-state index in [1.54, 1.807) is 15.4 Å². The Morgan fingerprint density at radius 2 is 2.47 bits per heavy atom. The summed E-state index contributed by atoms with van der Waals surface area (Å²) >= 11 is 4.50. The number of isothiocyanates is 1. The van der Waals surface area contributed by atoms with Gasteiger partial charge in [0.15, 0.2) is 5.82 Å². The van der Waals surface area contributed by atoms with Crippen LogP contribution in [0.4, 0.5) is 5.82 Å². The average molecular weight is 219 g/mol. The summed E-state index contributed by atoms with van der Waals surface area (Å²) in [7, 11) is 1.88. The number of aryl methyl sites for hydroxylation is 1. The lowest BCUT2D eigenvalue weighted by Gasteiger charge is -1.95. The van der Waals surface area contributed by atoms with Crippen molar-refractivity contribution in [3.05, 3.63) is 30.2 Å². The van der Waals surface area contributed by atoms with E-state index in [1.165, 1.54) is 0 Å². The topological polar surface area (TPSA) is 48.0 Å². The van der Waals surface area contributed by atoms with Crippen LogP contribution in [0.3, 0.4) is 0 Å². The molecule has 0 saturated carbocycles. The number of hydrogen-bond acceptors (Lipinski definition) is 4. The van der Waals surface area contributed by atoms with Gasteiger partial charge in [-0.15, -0.1) is 0 Å². The smallest absolute Gasteiger partial charge is 0.184 e. The second kappa shape index (κ2) is 4.16. The average Bonchev–Trinajstić information content (AvgIpc) is 2.78. The van der Waals surface area contributed by atoms with Crippen molar-refractivity contribution in [2.24, 2.45) is 12.0 Å². The van der Waals surface area contributed by atoms with Gasteiger partial charge in [0.1, 0.15) is 0 Å². The van der Waals surface area contributed by atoms with E-state index in [4.69, 9.17) is 0 Å². The molecule has 0 amide bonds. The molecule has 0 aromatic carbocycles. The van der Waals surface area contributed by atoms with Crippen molar-refractivity contribution < 1.29 is 0 Å². The molecule has 76 valence electrons. The number of aromatic nitrogens is 4. The lowest BCUT2D eigenvalue weighted by Crippen LogP contribution is -1.98. The molecular weight excluding hydrogens is 210 g/mol. The fraction of sp³-hybridized carbons (Fsp3) is 0.222. The van der Waals surface area contributed by atoms with E-state index in [2.05, 4.69) is 32.6 Å². The van der Waals surface area contributed by atoms with Crippen molar-refractivity contribution >= 4 is 23.2 Å². The molecule has 0 aliphatic rings. The molecule has 0 saturated heterocycles. The van der Waals surface area contributed by atoms with E-state index in [-0.39, 0.29) is 0 Å². The molecular formula is C9H9N5S. The third-order valence-corrected chi connectivity index (χ3v) is 1.98. The van der Waals surface area contributed by atoms with Gasteiger partial charge in [0.25, 0.3) is 0 Å². The van der Waals surface area contributed by atoms with Gasteiger partial charge in [-0.05, 0) is 12.2 Å². The number of aliphatic imine (C=N–C) groups is 1. The first kappa shape index (κ1) is 9.76. The Morgan fingerprint density at radius 3 is 3.13 bits per heavy atom. The molecule has 0 bridgehead atoms. The Bertz CT molecular complexity index is 506. The third kappa shape index (κ3) is 2.37. The third-order valence-electron chi connectivity index (χ3n) is 1.89. The summed E-state index contributed by atoms with van der Waals surface area (Å²) in [5.41, 5.74) is 1.10. The monoisotopic (exact) mass is 219 g/mol. The first-order valence-corrected chi connectivity index (χ1v) is 4.77. The number of thiocarbonyl (C=S) groups is 1. The van der Waals surface area contributed by atoms with Crippen LogP contribution in [-0.2, 0) is 13.6 Å². The highest BCUT2D eigenvalue weighted by molar-refractivity contribution is 7.78. The Morgan fingerprint density at radius 1 is 1.60 bits per heavy atom. The van der Waals surface area contributed by atoms with Crippen molar-refractivity contribution in [3.8, 4) is 0 Å². The van der Waals surface area contributed by atoms with Crippen molar-refractivity contribution in [3.63, 3.8) is 0 Å². The van der Waals surface area contributed by atoms with E-state index in [0.717, 1.165) is 5.56 Å². The van der Waals surface area contributed by atoms with Gasteiger partial charge in [-0.25, -0.2) is 0 Å². The molecule has 2 aromatic rings. The standard InChI is InChI=1S/C9H9N5S/c1-13-5-8(4-11-13)6-14-3-2-9(12-14)10-7-15/h2-5H,6H2,1H3. The summed E-state index contributed by atoms with van der Waals surface area (Å²) in [6, 6.07) is 1.79. The van der Waals surface area contributed by atoms with Gasteiger partial charge >= 0.3 is 0 Å². The zero-order chi connectivity index (χ0) is 10.7. The molecule has 2 aromatic heterocycles. The second-order valence-corrected chi connectivity index (χ2v) is 3.28. The van der Waals surface area contributed by atoms with Crippen LogP contribution in [0.25, 0.3) is 0 Å². The SMILES string of the molecule is Cn1cc(Cn2ccc(N=C=S)n2)cn1. The molecule has 0 fully saturated rings. The number of hydrogen-bond donors (Lipinski definition) is 0. The van der Waals surface area contributed by atoms with E-state index in [0.29, 0.717) is 12.4 Å². The molecule has 0 atom stereocenters. The van der Waals surface area contributed by atoms with Crippen LogP contribution in [0.5, 0.6) is 0 Å². The zero-order valence-electron chi connectivity index (χ0n) is 8.16. The van der Waals surface area contributed by atoms with E-state index in [9.17, 15) is 0 Å². The maximum Gasteiger partial charge on any atom is 0.184 e. The van der Waals surface area contributed by atoms with E-state index in [1.807, 2.05) is 25.6 Å². The highest BCUT2D eigenvalue weighted by Gasteiger charge is 1.99. The molecule has 0 aliphatic heterocycles. The van der Waals surface area contributed by atoms with E-state index >= 15 is 0 Å². The molecule has 5 nitrogen and oxygen atoms in total. The Hall–Kier alpha value is -1.78. The predicted octanol–water partition coefficient (Wildman–Crippen LogP) is 1.40. The maximum absolute atomic E-state index is 4.50. The highest BCUT2D eigenvalue weighted by atomic mass is 32.1. The zero-order valence-corrected chi connectivity index (χ0v) is 8.98. The Kier molecular flexibility index (Phi) is 2.71. The van der Waals surface area contributed by atoms with Gasteiger partial charge in [-0.3, -0.25) is 9.36 Å². The van der Waals surface area contributed by atoms with Crippen LogP contribution in [0.15, 0.2) is 29.6 Å². The quantitative estimate of drug-likeness (QED) is 0.579. The van der Waals surface area contributed by atoms with Gasteiger partial charge in [-0.2, -0.15) is 15.2 Å². The molecule has 0 aliphatic carbocycles. The molecule has 2 rings (SSSR count). The first-order valence-electron chi connectivity index (χ1n) is 4.37. The maximum atomic E-state index is 4.50. The predicted molar refractivity (Wildman–Crippen MR) is 59.2 cm³/mol. The summed E-state index contributed by atoms with van der Waals surface area (Å²) in [6.07, 6.45) is 5.60. The molecule has 6 heteroatoms. The van der Waals surface area contributed by atoms with Gasteiger partial charge in [-0.1, -0.05) is 0 Å². The van der Waals surface area contributed by atoms with Gasteiger partial charge in [0.05, 0.1) is 17.9 Å². The van der Waals surface area contributed by atoms with Crippen LogP contribution in [0, 0.1) is 0 Å². The molecule has 15 heavy (non-hydrogen) atoms. The van der Waals surface area contributed by atoms with Gasteiger partial charge < -0.3 is 0 Å². The summed E-state index contributed by atoms with van der Waals surface area (Å²) in [6.45, 7) is 0.681. The van der Waals surface area contributed by atoms with Crippen LogP contribution in [0.1, 0.15) is 5.56 Å². The molecule has 0 radical (unpaired) electrons. The number of nitrogens with zero attached hydrogens (tertiary/aromatic N) is 5. The Balaban J connectivity index is 2.14. The molecule has 0 spiro atoms. The van der Waals surface area contributed by atoms with Gasteiger partial charge in [0, 0.05) is 31.1 Å². The van der Waals surface area contributed by atoms with Crippen LogP contribution >= 0.6 is 12.2 Å². The van der Waals surface area contributed by atoms with Crippen molar-refractivity contribution in [2.45, 2.75) is 6.54 Å². The summed E-state index contributed by atoms with van der Waals surface area (Å²) in [5.74, 6) is 0.578. The normalized spacial score (nSPS) is 9.93. The van der Waals surface area contributed by atoms with Gasteiger partial charge in [0.2, 0.25) is 0 Å². The van der Waals surface area contributed by atoms with Crippen LogP contribution in [0.2, 0.25) is 0 Å². The lowest BCUT2D eigenvalue weighted by atomic mass is 10.4. The fourth-order valence-electron chi connectivity index (χ4n) is 1.29. The van der Waals surface area contributed by atoms with Crippen molar-refractivity contribution in [1.29, 1.82) is 0 Å². The molecule has 0 N–H and O–H groups in total. The van der Waals surface area contributed by atoms with Crippen LogP contribution < -0.4 is 0 Å². The number of rotatable bonds is 3. The lowest BCUT2D eigenvalue weighted by molar-refractivity contribution is 0.687. The van der Waals surface area contributed by atoms with Crippen molar-refractivity contribution in [1.82, 2.24) is 19.6 Å². The highest BCUT2D eigenvalue weighted by Crippen LogP contribution is 2.07.